The molecule has 1 N–H and O–H groups in total. The molecule has 1 aliphatic carbocycles. The van der Waals surface area contributed by atoms with Crippen LogP contribution in [0.25, 0.3) is 0 Å². The van der Waals surface area contributed by atoms with E-state index in [1.807, 2.05) is 30.3 Å². The molecule has 1 aliphatic rings. The number of para-hydroxylation sites is 1. The van der Waals surface area contributed by atoms with Gasteiger partial charge in [0.25, 0.3) is 0 Å². The molecule has 1 aromatic rings. The van der Waals surface area contributed by atoms with Crippen molar-refractivity contribution in [2.24, 2.45) is 5.41 Å². The maximum atomic E-state index is 8.55. The molecular formula is C15H20N2O. The number of rotatable bonds is 6. The summed E-state index contributed by atoms with van der Waals surface area (Å²) >= 11 is 0. The molecule has 0 aliphatic heterocycles. The van der Waals surface area contributed by atoms with E-state index in [0.29, 0.717) is 5.41 Å². The standard InChI is InChI=1S/C15H20N2O/c1-15(7-4-8-15)12-17-11-13-5-2-3-6-14(13)18-10-9-16/h2-3,5-6,17H,4,7-8,10-12H2,1H3. The van der Waals surface area contributed by atoms with Crippen molar-refractivity contribution in [3.05, 3.63) is 29.8 Å². The van der Waals surface area contributed by atoms with E-state index >= 15 is 0 Å². The second kappa shape index (κ2) is 5.88. The zero-order valence-electron chi connectivity index (χ0n) is 10.9. The van der Waals surface area contributed by atoms with Crippen LogP contribution in [-0.4, -0.2) is 13.2 Å². The van der Waals surface area contributed by atoms with Gasteiger partial charge >= 0.3 is 0 Å². The molecule has 0 aromatic heterocycles. The van der Waals surface area contributed by atoms with Crippen LogP contribution in [0, 0.1) is 16.7 Å². The Morgan fingerprint density at radius 1 is 1.39 bits per heavy atom. The first-order chi connectivity index (χ1) is 8.73. The summed E-state index contributed by atoms with van der Waals surface area (Å²) < 4.78 is 5.41. The van der Waals surface area contributed by atoms with Crippen molar-refractivity contribution < 1.29 is 4.74 Å². The van der Waals surface area contributed by atoms with Crippen molar-refractivity contribution in [1.29, 1.82) is 5.26 Å². The second-order valence-electron chi connectivity index (χ2n) is 5.32. The highest BCUT2D eigenvalue weighted by Gasteiger charge is 2.30. The Morgan fingerprint density at radius 2 is 2.17 bits per heavy atom. The van der Waals surface area contributed by atoms with Crippen molar-refractivity contribution in [2.45, 2.75) is 32.7 Å². The van der Waals surface area contributed by atoms with Gasteiger partial charge in [-0.15, -0.1) is 0 Å². The molecule has 18 heavy (non-hydrogen) atoms. The van der Waals surface area contributed by atoms with Gasteiger partial charge in [-0.1, -0.05) is 31.5 Å². The third kappa shape index (κ3) is 3.24. The fourth-order valence-corrected chi connectivity index (χ4v) is 2.36. The molecule has 0 unspecified atom stereocenters. The lowest BCUT2D eigenvalue weighted by atomic mass is 9.70. The molecule has 1 saturated carbocycles. The third-order valence-electron chi connectivity index (χ3n) is 3.69. The average Bonchev–Trinajstić information content (AvgIpc) is 2.35. The number of hydrogen-bond acceptors (Lipinski definition) is 3. The molecular weight excluding hydrogens is 224 g/mol. The van der Waals surface area contributed by atoms with Crippen molar-refractivity contribution in [2.75, 3.05) is 13.2 Å². The summed E-state index contributed by atoms with van der Waals surface area (Å²) in [6, 6.07) is 9.90. The molecule has 1 fully saturated rings. The van der Waals surface area contributed by atoms with Crippen molar-refractivity contribution in [1.82, 2.24) is 5.32 Å². The highest BCUT2D eigenvalue weighted by atomic mass is 16.5. The average molecular weight is 244 g/mol. The van der Waals surface area contributed by atoms with Crippen LogP contribution in [0.2, 0.25) is 0 Å². The number of hydrogen-bond donors (Lipinski definition) is 1. The summed E-state index contributed by atoms with van der Waals surface area (Å²) in [5.74, 6) is 0.810. The zero-order chi connectivity index (χ0) is 12.8. The first-order valence-corrected chi connectivity index (χ1v) is 6.52. The molecule has 0 amide bonds. The Bertz CT molecular complexity index is 432. The fraction of sp³-hybridized carbons (Fsp3) is 0.533. The van der Waals surface area contributed by atoms with Gasteiger partial charge in [0.2, 0.25) is 0 Å². The van der Waals surface area contributed by atoms with Gasteiger partial charge in [-0.25, -0.2) is 0 Å². The lowest BCUT2D eigenvalue weighted by Gasteiger charge is -2.38. The molecule has 0 saturated heterocycles. The number of nitrogens with zero attached hydrogens (tertiary/aromatic N) is 1. The van der Waals surface area contributed by atoms with Gasteiger partial charge in [0, 0.05) is 18.7 Å². The maximum absolute atomic E-state index is 8.55. The van der Waals surface area contributed by atoms with Crippen molar-refractivity contribution in [3.63, 3.8) is 0 Å². The predicted octanol–water partition coefficient (Wildman–Crippen LogP) is 2.87. The van der Waals surface area contributed by atoms with Crippen molar-refractivity contribution in [3.8, 4) is 11.8 Å². The minimum atomic E-state index is 0.106. The monoisotopic (exact) mass is 244 g/mol. The lowest BCUT2D eigenvalue weighted by Crippen LogP contribution is -2.37. The molecule has 96 valence electrons. The predicted molar refractivity (Wildman–Crippen MR) is 71.2 cm³/mol. The Labute approximate surface area is 109 Å². The van der Waals surface area contributed by atoms with Gasteiger partial charge in [-0.2, -0.15) is 5.26 Å². The van der Waals surface area contributed by atoms with Crippen LogP contribution in [-0.2, 0) is 6.54 Å². The maximum Gasteiger partial charge on any atom is 0.174 e. The van der Waals surface area contributed by atoms with Crippen LogP contribution in [0.4, 0.5) is 0 Å². The molecule has 0 radical (unpaired) electrons. The summed E-state index contributed by atoms with van der Waals surface area (Å²) in [6.45, 7) is 4.30. The van der Waals surface area contributed by atoms with E-state index in [2.05, 4.69) is 12.2 Å². The third-order valence-corrected chi connectivity index (χ3v) is 3.69. The first-order valence-electron chi connectivity index (χ1n) is 6.52. The van der Waals surface area contributed by atoms with E-state index in [0.717, 1.165) is 24.4 Å². The topological polar surface area (TPSA) is 45.0 Å². The van der Waals surface area contributed by atoms with Gasteiger partial charge in [0.05, 0.1) is 0 Å². The molecule has 1 aromatic carbocycles. The Morgan fingerprint density at radius 3 is 2.83 bits per heavy atom. The minimum absolute atomic E-state index is 0.106. The van der Waals surface area contributed by atoms with Crippen molar-refractivity contribution >= 4 is 0 Å². The molecule has 0 heterocycles. The summed E-state index contributed by atoms with van der Waals surface area (Å²) in [4.78, 5) is 0. The SMILES string of the molecule is CC1(CNCc2ccccc2OCC#N)CCC1. The highest BCUT2D eigenvalue weighted by Crippen LogP contribution is 2.39. The zero-order valence-corrected chi connectivity index (χ0v) is 10.9. The minimum Gasteiger partial charge on any atom is -0.478 e. The molecule has 0 spiro atoms. The smallest absolute Gasteiger partial charge is 0.174 e. The van der Waals surface area contributed by atoms with Gasteiger partial charge in [-0.3, -0.25) is 0 Å². The molecule has 0 atom stereocenters. The van der Waals surface area contributed by atoms with Gasteiger partial charge in [0.1, 0.15) is 11.8 Å². The lowest BCUT2D eigenvalue weighted by molar-refractivity contribution is 0.156. The van der Waals surface area contributed by atoms with E-state index < -0.39 is 0 Å². The Hall–Kier alpha value is -1.53. The van der Waals surface area contributed by atoms with E-state index in [1.54, 1.807) is 0 Å². The summed E-state index contributed by atoms with van der Waals surface area (Å²) in [5, 5.41) is 12.0. The second-order valence-corrected chi connectivity index (χ2v) is 5.32. The van der Waals surface area contributed by atoms with E-state index in [9.17, 15) is 0 Å². The van der Waals surface area contributed by atoms with E-state index in [1.165, 1.54) is 19.3 Å². The summed E-state index contributed by atoms with van der Waals surface area (Å²) in [7, 11) is 0. The van der Waals surface area contributed by atoms with Crippen LogP contribution >= 0.6 is 0 Å². The van der Waals surface area contributed by atoms with Crippen LogP contribution in [0.15, 0.2) is 24.3 Å². The summed E-state index contributed by atoms with van der Waals surface area (Å²) in [5.41, 5.74) is 1.61. The quantitative estimate of drug-likeness (QED) is 0.837. The highest BCUT2D eigenvalue weighted by molar-refractivity contribution is 5.33. The molecule has 3 heteroatoms. The van der Waals surface area contributed by atoms with Gasteiger partial charge in [0.15, 0.2) is 6.61 Å². The number of nitriles is 1. The van der Waals surface area contributed by atoms with E-state index in [4.69, 9.17) is 10.00 Å². The van der Waals surface area contributed by atoms with Gasteiger partial charge in [-0.05, 0) is 24.3 Å². The fourth-order valence-electron chi connectivity index (χ4n) is 2.36. The Balaban J connectivity index is 1.86. The van der Waals surface area contributed by atoms with Gasteiger partial charge < -0.3 is 10.1 Å². The molecule has 0 bridgehead atoms. The Kier molecular flexibility index (Phi) is 4.22. The summed E-state index contributed by atoms with van der Waals surface area (Å²) in [6.07, 6.45) is 4.01. The molecule has 3 nitrogen and oxygen atoms in total. The number of benzene rings is 1. The normalized spacial score (nSPS) is 16.7. The van der Waals surface area contributed by atoms with Crippen LogP contribution in [0.1, 0.15) is 31.7 Å². The largest absolute Gasteiger partial charge is 0.478 e. The number of ether oxygens (including phenoxy) is 1. The van der Waals surface area contributed by atoms with Crippen LogP contribution < -0.4 is 10.1 Å². The van der Waals surface area contributed by atoms with Crippen LogP contribution in [0.5, 0.6) is 5.75 Å². The molecule has 2 rings (SSSR count). The van der Waals surface area contributed by atoms with Crippen LogP contribution in [0.3, 0.4) is 0 Å². The number of nitrogens with one attached hydrogen (secondary N) is 1. The first kappa shape index (κ1) is 12.9. The van der Waals surface area contributed by atoms with E-state index in [-0.39, 0.29) is 6.61 Å².